The van der Waals surface area contributed by atoms with Gasteiger partial charge in [0, 0.05) is 18.5 Å². The van der Waals surface area contributed by atoms with Gasteiger partial charge in [-0.05, 0) is 50.5 Å². The Morgan fingerprint density at radius 1 is 1.04 bits per heavy atom. The van der Waals surface area contributed by atoms with Crippen LogP contribution < -0.4 is 0 Å². The molecule has 0 bridgehead atoms. The number of rotatable bonds is 5. The van der Waals surface area contributed by atoms with E-state index in [0.717, 1.165) is 12.0 Å². The maximum Gasteiger partial charge on any atom is 0.410 e. The van der Waals surface area contributed by atoms with Gasteiger partial charge in [0.2, 0.25) is 0 Å². The normalized spacial score (nSPS) is 18.3. The lowest BCUT2D eigenvalue weighted by atomic mass is 10.1. The van der Waals surface area contributed by atoms with Crippen molar-refractivity contribution in [1.29, 1.82) is 0 Å². The van der Waals surface area contributed by atoms with Crippen LogP contribution >= 0.6 is 0 Å². The predicted octanol–water partition coefficient (Wildman–Crippen LogP) is 4.77. The summed E-state index contributed by atoms with van der Waals surface area (Å²) < 4.78 is 10.4. The van der Waals surface area contributed by atoms with Crippen LogP contribution in [0.25, 0.3) is 0 Å². The third-order valence-electron chi connectivity index (χ3n) is 4.74. The van der Waals surface area contributed by atoms with E-state index in [9.17, 15) is 9.59 Å². The molecule has 0 radical (unpaired) electrons. The molecule has 1 aliphatic carbocycles. The van der Waals surface area contributed by atoms with Crippen molar-refractivity contribution in [3.8, 4) is 0 Å². The summed E-state index contributed by atoms with van der Waals surface area (Å²) >= 11 is 0. The molecule has 3 rings (SSSR count). The minimum Gasteiger partial charge on any atom is -0.465 e. The second kappa shape index (κ2) is 8.05. The number of amides is 1. The van der Waals surface area contributed by atoms with Crippen molar-refractivity contribution in [3.05, 3.63) is 71.3 Å². The van der Waals surface area contributed by atoms with Crippen molar-refractivity contribution in [2.24, 2.45) is 0 Å². The third-order valence-corrected chi connectivity index (χ3v) is 4.74. The molecule has 2 unspecified atom stereocenters. The van der Waals surface area contributed by atoms with E-state index >= 15 is 0 Å². The molecule has 0 aliphatic heterocycles. The molecule has 28 heavy (non-hydrogen) atoms. The monoisotopic (exact) mass is 381 g/mol. The third kappa shape index (κ3) is 4.91. The van der Waals surface area contributed by atoms with Gasteiger partial charge in [0.25, 0.3) is 0 Å². The fourth-order valence-electron chi connectivity index (χ4n) is 3.28. The lowest BCUT2D eigenvalue weighted by Gasteiger charge is -2.28. The summed E-state index contributed by atoms with van der Waals surface area (Å²) in [5, 5.41) is 0. The zero-order valence-electron chi connectivity index (χ0n) is 16.8. The first-order valence-corrected chi connectivity index (χ1v) is 9.50. The first-order valence-electron chi connectivity index (χ1n) is 9.50. The Kier molecular flexibility index (Phi) is 5.73. The minimum atomic E-state index is -0.554. The highest BCUT2D eigenvalue weighted by Gasteiger charge is 2.45. The van der Waals surface area contributed by atoms with Gasteiger partial charge in [0.15, 0.2) is 0 Å². The molecular formula is C23H27NO4. The van der Waals surface area contributed by atoms with Crippen LogP contribution in [0.5, 0.6) is 0 Å². The topological polar surface area (TPSA) is 55.8 Å². The molecule has 1 fully saturated rings. The number of carbonyl (C=O) groups is 2. The molecule has 5 heteroatoms. The first-order chi connectivity index (χ1) is 13.3. The SMILES string of the molecule is COC(=O)c1ccc(CN(C(=O)OC(C)(C)C)C2CC2c2ccccc2)cc1. The van der Waals surface area contributed by atoms with Crippen LogP contribution in [-0.4, -0.2) is 35.7 Å². The fourth-order valence-corrected chi connectivity index (χ4v) is 3.28. The average Bonchev–Trinajstić information content (AvgIpc) is 3.45. The maximum atomic E-state index is 12.9. The van der Waals surface area contributed by atoms with Gasteiger partial charge >= 0.3 is 12.1 Å². The van der Waals surface area contributed by atoms with E-state index in [1.54, 1.807) is 17.0 Å². The highest BCUT2D eigenvalue weighted by Crippen LogP contribution is 2.45. The van der Waals surface area contributed by atoms with Crippen molar-refractivity contribution in [1.82, 2.24) is 4.90 Å². The maximum absolute atomic E-state index is 12.9. The van der Waals surface area contributed by atoms with Crippen molar-refractivity contribution in [3.63, 3.8) is 0 Å². The number of nitrogens with zero attached hydrogens (tertiary/aromatic N) is 1. The Labute approximate surface area is 166 Å². The van der Waals surface area contributed by atoms with E-state index in [1.807, 2.05) is 51.1 Å². The average molecular weight is 381 g/mol. The van der Waals surface area contributed by atoms with Gasteiger partial charge in [0.05, 0.1) is 12.7 Å². The van der Waals surface area contributed by atoms with Crippen molar-refractivity contribution in [2.45, 2.75) is 51.3 Å². The van der Waals surface area contributed by atoms with E-state index in [2.05, 4.69) is 12.1 Å². The van der Waals surface area contributed by atoms with Crippen molar-refractivity contribution in [2.75, 3.05) is 7.11 Å². The Morgan fingerprint density at radius 3 is 2.25 bits per heavy atom. The van der Waals surface area contributed by atoms with Crippen LogP contribution in [0, 0.1) is 0 Å². The summed E-state index contributed by atoms with van der Waals surface area (Å²) in [4.78, 5) is 26.3. The molecule has 5 nitrogen and oxygen atoms in total. The van der Waals surface area contributed by atoms with Crippen LogP contribution in [0.3, 0.4) is 0 Å². The largest absolute Gasteiger partial charge is 0.465 e. The molecule has 1 aliphatic rings. The van der Waals surface area contributed by atoms with E-state index in [4.69, 9.17) is 9.47 Å². The van der Waals surface area contributed by atoms with Gasteiger partial charge in [-0.1, -0.05) is 42.5 Å². The summed E-state index contributed by atoms with van der Waals surface area (Å²) in [7, 11) is 1.36. The van der Waals surface area contributed by atoms with Crippen LogP contribution in [0.1, 0.15) is 54.6 Å². The van der Waals surface area contributed by atoms with Gasteiger partial charge in [-0.3, -0.25) is 0 Å². The number of carbonyl (C=O) groups excluding carboxylic acids is 2. The van der Waals surface area contributed by atoms with Crippen molar-refractivity contribution < 1.29 is 19.1 Å². The molecule has 1 saturated carbocycles. The zero-order chi connectivity index (χ0) is 20.3. The van der Waals surface area contributed by atoms with Crippen LogP contribution in [0.4, 0.5) is 4.79 Å². The number of esters is 1. The Bertz CT molecular complexity index is 824. The van der Waals surface area contributed by atoms with Gasteiger partial charge in [-0.15, -0.1) is 0 Å². The van der Waals surface area contributed by atoms with Crippen LogP contribution in [0.15, 0.2) is 54.6 Å². The molecule has 2 atom stereocenters. The van der Waals surface area contributed by atoms with E-state index in [-0.39, 0.29) is 18.1 Å². The van der Waals surface area contributed by atoms with Crippen LogP contribution in [-0.2, 0) is 16.0 Å². The summed E-state index contributed by atoms with van der Waals surface area (Å²) in [6, 6.07) is 17.5. The van der Waals surface area contributed by atoms with E-state index in [1.165, 1.54) is 12.7 Å². The molecule has 2 aromatic rings. The van der Waals surface area contributed by atoms with Gasteiger partial charge in [0.1, 0.15) is 5.60 Å². The number of hydrogen-bond acceptors (Lipinski definition) is 4. The number of benzene rings is 2. The van der Waals surface area contributed by atoms with E-state index in [0.29, 0.717) is 18.0 Å². The molecule has 1 amide bonds. The van der Waals surface area contributed by atoms with Gasteiger partial charge < -0.3 is 14.4 Å². The summed E-state index contributed by atoms with van der Waals surface area (Å²) in [6.45, 7) is 6.05. The Balaban J connectivity index is 1.77. The standard InChI is InChI=1S/C23H27NO4/c1-23(2,3)28-22(26)24(20-14-19(20)17-8-6-5-7-9-17)15-16-10-12-18(13-11-16)21(25)27-4/h5-13,19-20H,14-15H2,1-4H3. The second-order valence-electron chi connectivity index (χ2n) is 8.12. The quantitative estimate of drug-likeness (QED) is 0.700. The second-order valence-corrected chi connectivity index (χ2v) is 8.12. The lowest BCUT2D eigenvalue weighted by Crippen LogP contribution is -2.38. The number of methoxy groups -OCH3 is 1. The summed E-state index contributed by atoms with van der Waals surface area (Å²) in [6.07, 6.45) is 0.608. The van der Waals surface area contributed by atoms with Gasteiger partial charge in [-0.2, -0.15) is 0 Å². The van der Waals surface area contributed by atoms with Crippen molar-refractivity contribution >= 4 is 12.1 Å². The predicted molar refractivity (Wildman–Crippen MR) is 107 cm³/mol. The molecule has 0 heterocycles. The smallest absolute Gasteiger partial charge is 0.410 e. The zero-order valence-corrected chi connectivity index (χ0v) is 16.8. The summed E-state index contributed by atoms with van der Waals surface area (Å²) in [5.74, 6) is -0.0510. The highest BCUT2D eigenvalue weighted by molar-refractivity contribution is 5.89. The van der Waals surface area contributed by atoms with Crippen LogP contribution in [0.2, 0.25) is 0 Å². The molecule has 0 N–H and O–H groups in total. The number of hydrogen-bond donors (Lipinski definition) is 0. The molecular weight excluding hydrogens is 354 g/mol. The summed E-state index contributed by atoms with van der Waals surface area (Å²) in [5.41, 5.74) is 2.12. The number of ether oxygens (including phenoxy) is 2. The first kappa shape index (κ1) is 19.9. The molecule has 148 valence electrons. The van der Waals surface area contributed by atoms with Gasteiger partial charge in [-0.25, -0.2) is 9.59 Å². The molecule has 2 aromatic carbocycles. The molecule has 0 spiro atoms. The minimum absolute atomic E-state index is 0.109. The fraction of sp³-hybridized carbons (Fsp3) is 0.391. The lowest BCUT2D eigenvalue weighted by molar-refractivity contribution is 0.0212. The molecule has 0 saturated heterocycles. The Morgan fingerprint density at radius 2 is 1.68 bits per heavy atom. The molecule has 0 aromatic heterocycles. The highest BCUT2D eigenvalue weighted by atomic mass is 16.6. The Hall–Kier alpha value is -2.82. The van der Waals surface area contributed by atoms with E-state index < -0.39 is 5.60 Å².